The van der Waals surface area contributed by atoms with Crippen LogP contribution in [-0.2, 0) is 4.79 Å². The number of nitrogen functional groups attached to an aromatic ring is 1. The Bertz CT molecular complexity index is 1140. The van der Waals surface area contributed by atoms with Crippen molar-refractivity contribution in [1.82, 2.24) is 20.2 Å². The molecule has 1 atom stereocenters. The molecule has 4 N–H and O–H groups in total. The van der Waals surface area contributed by atoms with Crippen LogP contribution in [0.4, 0.5) is 11.6 Å². The molecule has 2 aromatic heterocycles. The van der Waals surface area contributed by atoms with E-state index in [-0.39, 0.29) is 17.1 Å². The maximum Gasteiger partial charge on any atom is 0.237 e. The fraction of sp³-hybridized carbons (Fsp3) is 0.158. The number of nitrogens with zero attached hydrogens (tertiary/aromatic N) is 3. The molecule has 0 aliphatic heterocycles. The van der Waals surface area contributed by atoms with E-state index >= 15 is 0 Å². The molecule has 0 saturated carbocycles. The van der Waals surface area contributed by atoms with Gasteiger partial charge in [0.1, 0.15) is 5.01 Å². The molecule has 28 heavy (non-hydrogen) atoms. The number of thiazole rings is 1. The number of anilines is 2. The summed E-state index contributed by atoms with van der Waals surface area (Å²) in [6.07, 6.45) is 0. The van der Waals surface area contributed by atoms with E-state index in [1.807, 2.05) is 30.3 Å². The summed E-state index contributed by atoms with van der Waals surface area (Å²) in [7, 11) is 0. The van der Waals surface area contributed by atoms with E-state index < -0.39 is 0 Å². The van der Waals surface area contributed by atoms with E-state index in [0.717, 1.165) is 21.8 Å². The molecule has 0 fully saturated rings. The van der Waals surface area contributed by atoms with Crippen LogP contribution in [0.25, 0.3) is 20.8 Å². The number of fused-ring (bicyclic) bond motifs is 1. The maximum absolute atomic E-state index is 12.4. The molecule has 1 amide bonds. The van der Waals surface area contributed by atoms with E-state index in [9.17, 15) is 4.79 Å². The van der Waals surface area contributed by atoms with Gasteiger partial charge >= 0.3 is 0 Å². The molecule has 0 aliphatic carbocycles. The third-order valence-corrected chi connectivity index (χ3v) is 6.11. The lowest BCUT2D eigenvalue weighted by atomic mass is 10.2. The molecular formula is C19H18N6OS2. The van der Waals surface area contributed by atoms with Crippen LogP contribution in [-0.4, -0.2) is 31.3 Å². The Morgan fingerprint density at radius 1 is 1.21 bits per heavy atom. The number of hydrogen-bond acceptors (Lipinski definition) is 7. The lowest BCUT2D eigenvalue weighted by Gasteiger charge is -2.10. The first-order valence-electron chi connectivity index (χ1n) is 8.61. The summed E-state index contributed by atoms with van der Waals surface area (Å²) in [6, 6.07) is 13.9. The molecule has 4 aromatic rings. The van der Waals surface area contributed by atoms with Gasteiger partial charge in [0.2, 0.25) is 17.0 Å². The van der Waals surface area contributed by atoms with E-state index in [0.29, 0.717) is 5.16 Å². The van der Waals surface area contributed by atoms with E-state index in [1.165, 1.54) is 22.0 Å². The van der Waals surface area contributed by atoms with Crippen molar-refractivity contribution in [2.24, 2.45) is 0 Å². The molecular weight excluding hydrogens is 392 g/mol. The number of hydrogen-bond donors (Lipinski definition) is 3. The number of aromatic amines is 1. The first kappa shape index (κ1) is 18.5. The highest BCUT2D eigenvalue weighted by atomic mass is 32.2. The zero-order valence-electron chi connectivity index (χ0n) is 15.3. The van der Waals surface area contributed by atoms with Gasteiger partial charge in [-0.25, -0.2) is 10.1 Å². The topological polar surface area (TPSA) is 110 Å². The molecule has 0 unspecified atom stereocenters. The van der Waals surface area contributed by atoms with E-state index in [2.05, 4.69) is 39.6 Å². The number of nitrogens with one attached hydrogen (secondary N) is 2. The standard InChI is InChI=1S/C19H18N6OS2/c1-10-3-8-14-15(9-10)28-17(22-14)12-4-6-13(7-5-12)21-16(26)11(2)27-19-23-18(20)24-25-19/h3-9,11H,1-2H3,(H,21,26)(H3,20,23,24,25)/t11-/m1/s1. The van der Waals surface area contributed by atoms with E-state index in [1.54, 1.807) is 18.3 Å². The van der Waals surface area contributed by atoms with Crippen LogP contribution in [0.15, 0.2) is 47.6 Å². The minimum Gasteiger partial charge on any atom is -0.368 e. The second-order valence-electron chi connectivity index (χ2n) is 6.32. The minimum absolute atomic E-state index is 0.128. The maximum atomic E-state index is 12.4. The van der Waals surface area contributed by atoms with Crippen LogP contribution in [0.1, 0.15) is 12.5 Å². The third-order valence-electron chi connectivity index (χ3n) is 4.08. The summed E-state index contributed by atoms with van der Waals surface area (Å²) < 4.78 is 1.17. The number of aryl methyl sites for hydroxylation is 1. The number of carbonyl (C=O) groups excluding carboxylic acids is 1. The molecule has 2 aromatic carbocycles. The van der Waals surface area contributed by atoms with Gasteiger partial charge in [0, 0.05) is 11.3 Å². The Morgan fingerprint density at radius 2 is 2.00 bits per heavy atom. The number of thioether (sulfide) groups is 1. The summed E-state index contributed by atoms with van der Waals surface area (Å²) in [5.74, 6) is 0.104. The van der Waals surface area contributed by atoms with Crippen LogP contribution >= 0.6 is 23.1 Å². The van der Waals surface area contributed by atoms with Gasteiger partial charge in [-0.2, -0.15) is 4.98 Å². The molecule has 0 aliphatic rings. The quantitative estimate of drug-likeness (QED) is 0.428. The van der Waals surface area contributed by atoms with Gasteiger partial charge in [-0.3, -0.25) is 4.79 Å². The Morgan fingerprint density at radius 3 is 2.71 bits per heavy atom. The Hall–Kier alpha value is -2.91. The predicted octanol–water partition coefficient (Wildman–Crippen LogP) is 4.09. The Kier molecular flexibility index (Phi) is 5.01. The predicted molar refractivity (Wildman–Crippen MR) is 115 cm³/mol. The molecule has 0 bridgehead atoms. The number of H-pyrrole nitrogens is 1. The fourth-order valence-electron chi connectivity index (χ4n) is 2.62. The van der Waals surface area contributed by atoms with Gasteiger partial charge < -0.3 is 11.1 Å². The van der Waals surface area contributed by atoms with Crippen molar-refractivity contribution in [3.05, 3.63) is 48.0 Å². The second kappa shape index (κ2) is 7.61. The second-order valence-corrected chi connectivity index (χ2v) is 8.66. The molecule has 142 valence electrons. The van der Waals surface area contributed by atoms with Gasteiger partial charge in [0.05, 0.1) is 15.5 Å². The van der Waals surface area contributed by atoms with Gasteiger partial charge in [0.25, 0.3) is 0 Å². The Labute approximate surface area is 169 Å². The summed E-state index contributed by atoms with van der Waals surface area (Å²) in [6.45, 7) is 3.87. The van der Waals surface area contributed by atoms with Crippen LogP contribution < -0.4 is 11.1 Å². The molecule has 0 saturated heterocycles. The molecule has 0 radical (unpaired) electrons. The molecule has 4 rings (SSSR count). The number of carbonyl (C=O) groups is 1. The van der Waals surface area contributed by atoms with Crippen molar-refractivity contribution >= 4 is 50.9 Å². The largest absolute Gasteiger partial charge is 0.368 e. The monoisotopic (exact) mass is 410 g/mol. The lowest BCUT2D eigenvalue weighted by molar-refractivity contribution is -0.115. The van der Waals surface area contributed by atoms with Gasteiger partial charge in [-0.1, -0.05) is 17.8 Å². The SMILES string of the molecule is Cc1ccc2nc(-c3ccc(NC(=O)[C@@H](C)Sc4n[nH]c(N)n4)cc3)sc2c1. The van der Waals surface area contributed by atoms with Gasteiger partial charge in [-0.05, 0) is 55.8 Å². The third kappa shape index (κ3) is 4.00. The summed E-state index contributed by atoms with van der Waals surface area (Å²) in [4.78, 5) is 21.1. The van der Waals surface area contributed by atoms with E-state index in [4.69, 9.17) is 10.7 Å². The number of benzene rings is 2. The first-order chi connectivity index (χ1) is 13.5. The lowest BCUT2D eigenvalue weighted by Crippen LogP contribution is -2.22. The fourth-order valence-corrected chi connectivity index (χ4v) is 4.42. The average molecular weight is 411 g/mol. The molecule has 2 heterocycles. The number of nitrogens with two attached hydrogens (primary N) is 1. The summed E-state index contributed by atoms with van der Waals surface area (Å²) in [5, 5.41) is 10.4. The summed E-state index contributed by atoms with van der Waals surface area (Å²) in [5.41, 5.74) is 9.48. The normalized spacial score (nSPS) is 12.2. The highest BCUT2D eigenvalue weighted by Crippen LogP contribution is 2.31. The smallest absolute Gasteiger partial charge is 0.237 e. The highest BCUT2D eigenvalue weighted by molar-refractivity contribution is 8.00. The molecule has 7 nitrogen and oxygen atoms in total. The van der Waals surface area contributed by atoms with Crippen LogP contribution in [0.2, 0.25) is 0 Å². The number of amides is 1. The number of aromatic nitrogens is 4. The van der Waals surface area contributed by atoms with Crippen molar-refractivity contribution in [3.8, 4) is 10.6 Å². The average Bonchev–Trinajstić information content (AvgIpc) is 3.27. The Balaban J connectivity index is 1.44. The molecule has 9 heteroatoms. The van der Waals surface area contributed by atoms with Crippen LogP contribution in [0.5, 0.6) is 0 Å². The van der Waals surface area contributed by atoms with Crippen molar-refractivity contribution in [3.63, 3.8) is 0 Å². The first-order valence-corrected chi connectivity index (χ1v) is 10.3. The van der Waals surface area contributed by atoms with Gasteiger partial charge in [-0.15, -0.1) is 16.4 Å². The van der Waals surface area contributed by atoms with Crippen molar-refractivity contribution < 1.29 is 4.79 Å². The van der Waals surface area contributed by atoms with Crippen LogP contribution in [0, 0.1) is 6.92 Å². The highest BCUT2D eigenvalue weighted by Gasteiger charge is 2.17. The van der Waals surface area contributed by atoms with Crippen molar-refractivity contribution in [2.45, 2.75) is 24.3 Å². The van der Waals surface area contributed by atoms with Crippen molar-refractivity contribution in [1.29, 1.82) is 0 Å². The molecule has 0 spiro atoms. The number of rotatable bonds is 5. The zero-order valence-corrected chi connectivity index (χ0v) is 16.9. The minimum atomic E-state index is -0.359. The zero-order chi connectivity index (χ0) is 19.7. The van der Waals surface area contributed by atoms with Crippen molar-refractivity contribution in [2.75, 3.05) is 11.1 Å². The van der Waals surface area contributed by atoms with Gasteiger partial charge in [0.15, 0.2) is 0 Å². The summed E-state index contributed by atoms with van der Waals surface area (Å²) >= 11 is 2.90. The van der Waals surface area contributed by atoms with Crippen LogP contribution in [0.3, 0.4) is 0 Å².